The molecule has 0 saturated carbocycles. The summed E-state index contributed by atoms with van der Waals surface area (Å²) in [6.07, 6.45) is 0. The molecule has 0 saturated heterocycles. The quantitative estimate of drug-likeness (QED) is 0.786. The molecule has 0 aliphatic heterocycles. The summed E-state index contributed by atoms with van der Waals surface area (Å²) in [4.78, 5) is 3.78. The van der Waals surface area contributed by atoms with E-state index < -0.39 is 0 Å². The van der Waals surface area contributed by atoms with Gasteiger partial charge in [0.15, 0.2) is 0 Å². The van der Waals surface area contributed by atoms with E-state index >= 15 is 0 Å². The van der Waals surface area contributed by atoms with Crippen LogP contribution < -0.4 is 4.74 Å². The van der Waals surface area contributed by atoms with Crippen LogP contribution in [0.1, 0.15) is 13.8 Å². The highest BCUT2D eigenvalue weighted by Crippen LogP contribution is 2.19. The van der Waals surface area contributed by atoms with Gasteiger partial charge in [-0.3, -0.25) is 0 Å². The molecule has 0 atom stereocenters. The van der Waals surface area contributed by atoms with Gasteiger partial charge in [0, 0.05) is 0 Å². The summed E-state index contributed by atoms with van der Waals surface area (Å²) in [5.41, 5.74) is 0. The average Bonchev–Trinajstić information content (AvgIpc) is 2.06. The van der Waals surface area contributed by atoms with E-state index in [9.17, 15) is 0 Å². The molecule has 0 N–H and O–H groups in total. The Morgan fingerprint density at radius 1 is 1.31 bits per heavy atom. The predicted octanol–water partition coefficient (Wildman–Crippen LogP) is 2.21. The number of aromatic nitrogens is 3. The monoisotopic (exact) mass is 221 g/mol. The Bertz CT molecular complexity index is 293. The van der Waals surface area contributed by atoms with E-state index in [0.717, 1.165) is 0 Å². The largest absolute Gasteiger partial charge is 0.475 e. The standard InChI is InChI=1S/C7H9Cl2N3O/c1-4(2)3-13-6-5(8)11-12-7(9)10-6/h4H,3H2,1-2H3. The maximum absolute atomic E-state index is 5.66. The highest BCUT2D eigenvalue weighted by molar-refractivity contribution is 6.31. The zero-order valence-corrected chi connectivity index (χ0v) is 8.80. The Morgan fingerprint density at radius 2 is 2.00 bits per heavy atom. The third-order valence-electron chi connectivity index (χ3n) is 1.14. The molecule has 1 rings (SSSR count). The summed E-state index contributed by atoms with van der Waals surface area (Å²) in [7, 11) is 0. The topological polar surface area (TPSA) is 47.9 Å². The average molecular weight is 222 g/mol. The van der Waals surface area contributed by atoms with Crippen molar-refractivity contribution < 1.29 is 4.74 Å². The maximum atomic E-state index is 5.66. The molecular formula is C7H9Cl2N3O. The molecule has 0 radical (unpaired) electrons. The Hall–Kier alpha value is -0.610. The predicted molar refractivity (Wildman–Crippen MR) is 50.2 cm³/mol. The van der Waals surface area contributed by atoms with Crippen LogP contribution in [0.3, 0.4) is 0 Å². The van der Waals surface area contributed by atoms with Gasteiger partial charge in [0.2, 0.25) is 10.4 Å². The van der Waals surface area contributed by atoms with Crippen LogP contribution in [0.2, 0.25) is 10.4 Å². The summed E-state index contributed by atoms with van der Waals surface area (Å²) in [6, 6.07) is 0. The van der Waals surface area contributed by atoms with E-state index in [2.05, 4.69) is 15.2 Å². The number of hydrogen-bond donors (Lipinski definition) is 0. The molecule has 0 aromatic carbocycles. The summed E-state index contributed by atoms with van der Waals surface area (Å²) >= 11 is 11.2. The molecule has 0 fully saturated rings. The highest BCUT2D eigenvalue weighted by atomic mass is 35.5. The van der Waals surface area contributed by atoms with Gasteiger partial charge in [-0.1, -0.05) is 25.4 Å². The minimum atomic E-state index is 0.0307. The Kier molecular flexibility index (Phi) is 3.69. The van der Waals surface area contributed by atoms with Crippen molar-refractivity contribution in [2.24, 2.45) is 5.92 Å². The summed E-state index contributed by atoms with van der Waals surface area (Å²) in [5.74, 6) is 0.625. The van der Waals surface area contributed by atoms with E-state index in [1.165, 1.54) is 0 Å². The smallest absolute Gasteiger partial charge is 0.256 e. The van der Waals surface area contributed by atoms with Crippen molar-refractivity contribution >= 4 is 23.2 Å². The molecule has 0 amide bonds. The molecule has 0 spiro atoms. The van der Waals surface area contributed by atoms with Gasteiger partial charge in [0.1, 0.15) is 0 Å². The van der Waals surface area contributed by atoms with Crippen LogP contribution in [0.25, 0.3) is 0 Å². The molecular weight excluding hydrogens is 213 g/mol. The number of hydrogen-bond acceptors (Lipinski definition) is 4. The molecule has 72 valence electrons. The van der Waals surface area contributed by atoms with Crippen molar-refractivity contribution in [1.82, 2.24) is 15.2 Å². The van der Waals surface area contributed by atoms with Gasteiger partial charge in [-0.25, -0.2) is 0 Å². The van der Waals surface area contributed by atoms with Crippen LogP contribution in [0.4, 0.5) is 0 Å². The Labute approximate surface area is 86.2 Å². The van der Waals surface area contributed by atoms with Crippen LogP contribution in [0.15, 0.2) is 0 Å². The van der Waals surface area contributed by atoms with Crippen LogP contribution >= 0.6 is 23.2 Å². The number of rotatable bonds is 3. The van der Waals surface area contributed by atoms with E-state index in [1.807, 2.05) is 13.8 Å². The minimum absolute atomic E-state index is 0.0307. The fourth-order valence-corrected chi connectivity index (χ4v) is 0.867. The second-order valence-corrected chi connectivity index (χ2v) is 3.58. The molecule has 1 aromatic rings. The molecule has 0 unspecified atom stereocenters. The number of halogens is 2. The lowest BCUT2D eigenvalue weighted by atomic mass is 10.2. The van der Waals surface area contributed by atoms with E-state index in [4.69, 9.17) is 27.9 Å². The molecule has 1 heterocycles. The summed E-state index contributed by atoms with van der Waals surface area (Å²) in [6.45, 7) is 4.56. The maximum Gasteiger partial charge on any atom is 0.256 e. The van der Waals surface area contributed by atoms with Gasteiger partial charge >= 0.3 is 0 Å². The summed E-state index contributed by atoms with van der Waals surface area (Å²) in [5, 5.41) is 7.17. The van der Waals surface area contributed by atoms with Crippen LogP contribution in [0, 0.1) is 5.92 Å². The first-order valence-corrected chi connectivity index (χ1v) is 4.53. The molecule has 6 heteroatoms. The van der Waals surface area contributed by atoms with Gasteiger partial charge in [0.05, 0.1) is 6.61 Å². The van der Waals surface area contributed by atoms with E-state index in [0.29, 0.717) is 12.5 Å². The Morgan fingerprint density at radius 3 is 2.62 bits per heavy atom. The van der Waals surface area contributed by atoms with Gasteiger partial charge in [-0.2, -0.15) is 4.98 Å². The third-order valence-corrected chi connectivity index (χ3v) is 1.54. The number of nitrogens with zero attached hydrogens (tertiary/aromatic N) is 3. The molecule has 13 heavy (non-hydrogen) atoms. The molecule has 4 nitrogen and oxygen atoms in total. The third kappa shape index (κ3) is 3.32. The fourth-order valence-electron chi connectivity index (χ4n) is 0.618. The lowest BCUT2D eigenvalue weighted by Crippen LogP contribution is -2.07. The summed E-state index contributed by atoms with van der Waals surface area (Å²) < 4.78 is 5.25. The lowest BCUT2D eigenvalue weighted by Gasteiger charge is -2.07. The molecule has 1 aromatic heterocycles. The molecule has 0 aliphatic carbocycles. The molecule has 0 aliphatic rings. The normalized spacial score (nSPS) is 10.5. The first-order chi connectivity index (χ1) is 6.09. The van der Waals surface area contributed by atoms with Crippen molar-refractivity contribution in [2.75, 3.05) is 6.61 Å². The Balaban J connectivity index is 2.70. The fraction of sp³-hybridized carbons (Fsp3) is 0.571. The second-order valence-electron chi connectivity index (χ2n) is 2.88. The first-order valence-electron chi connectivity index (χ1n) is 3.78. The van der Waals surface area contributed by atoms with Gasteiger partial charge in [-0.05, 0) is 17.5 Å². The van der Waals surface area contributed by atoms with E-state index in [-0.39, 0.29) is 16.3 Å². The van der Waals surface area contributed by atoms with Crippen molar-refractivity contribution in [2.45, 2.75) is 13.8 Å². The lowest BCUT2D eigenvalue weighted by molar-refractivity contribution is 0.259. The van der Waals surface area contributed by atoms with Crippen LogP contribution in [0.5, 0.6) is 5.88 Å². The molecule has 0 bridgehead atoms. The van der Waals surface area contributed by atoms with Crippen molar-refractivity contribution in [3.05, 3.63) is 10.4 Å². The number of ether oxygens (including phenoxy) is 1. The highest BCUT2D eigenvalue weighted by Gasteiger charge is 2.07. The van der Waals surface area contributed by atoms with Gasteiger partial charge < -0.3 is 4.74 Å². The van der Waals surface area contributed by atoms with Gasteiger partial charge in [-0.15, -0.1) is 10.2 Å². The zero-order valence-electron chi connectivity index (χ0n) is 7.29. The second kappa shape index (κ2) is 4.58. The van der Waals surface area contributed by atoms with Crippen molar-refractivity contribution in [3.63, 3.8) is 0 Å². The van der Waals surface area contributed by atoms with Crippen molar-refractivity contribution in [1.29, 1.82) is 0 Å². The minimum Gasteiger partial charge on any atom is -0.475 e. The SMILES string of the molecule is CC(C)COc1nc(Cl)nnc1Cl. The zero-order chi connectivity index (χ0) is 9.84. The van der Waals surface area contributed by atoms with Gasteiger partial charge in [0.25, 0.3) is 5.88 Å². The van der Waals surface area contributed by atoms with Crippen LogP contribution in [-0.2, 0) is 0 Å². The van der Waals surface area contributed by atoms with Crippen molar-refractivity contribution in [3.8, 4) is 5.88 Å². The van der Waals surface area contributed by atoms with Crippen LogP contribution in [-0.4, -0.2) is 21.8 Å². The van der Waals surface area contributed by atoms with E-state index in [1.54, 1.807) is 0 Å². The first kappa shape index (κ1) is 10.5.